The summed E-state index contributed by atoms with van der Waals surface area (Å²) in [6.07, 6.45) is 1.52. The lowest BCUT2D eigenvalue weighted by atomic mass is 10.2. The quantitative estimate of drug-likeness (QED) is 0.915. The van der Waals surface area contributed by atoms with Crippen LogP contribution in [-0.4, -0.2) is 59.7 Å². The van der Waals surface area contributed by atoms with Crippen molar-refractivity contribution in [3.63, 3.8) is 0 Å². The molecule has 0 radical (unpaired) electrons. The Balaban J connectivity index is 1.60. The summed E-state index contributed by atoms with van der Waals surface area (Å²) in [5.74, 6) is -0.182. The van der Waals surface area contributed by atoms with Crippen LogP contribution in [0.15, 0.2) is 30.5 Å². The lowest BCUT2D eigenvalue weighted by Gasteiger charge is -2.32. The molecule has 3 rings (SSSR count). The molecule has 0 saturated carbocycles. The second-order valence-electron chi connectivity index (χ2n) is 5.45. The minimum atomic E-state index is -0.182. The molecule has 1 N–H and O–H groups in total. The summed E-state index contributed by atoms with van der Waals surface area (Å²) in [6, 6.07) is 7.81. The van der Waals surface area contributed by atoms with E-state index in [1.807, 2.05) is 24.3 Å². The number of hydrogen-bond acceptors (Lipinski definition) is 5. The van der Waals surface area contributed by atoms with Gasteiger partial charge in [0, 0.05) is 25.7 Å². The van der Waals surface area contributed by atoms with Crippen molar-refractivity contribution in [1.82, 2.24) is 20.2 Å². The van der Waals surface area contributed by atoms with Gasteiger partial charge in [-0.3, -0.25) is 14.7 Å². The Hall–Kier alpha value is -2.05. The van der Waals surface area contributed by atoms with Crippen LogP contribution >= 0.6 is 0 Å². The third-order valence-electron chi connectivity index (χ3n) is 3.91. The number of fused-ring (bicyclic) bond motifs is 1. The average Bonchev–Trinajstić information content (AvgIpc) is 2.59. The van der Waals surface area contributed by atoms with Gasteiger partial charge in [0.2, 0.25) is 0 Å². The van der Waals surface area contributed by atoms with E-state index in [4.69, 9.17) is 4.74 Å². The molecule has 2 aromatic rings. The summed E-state index contributed by atoms with van der Waals surface area (Å²) >= 11 is 0. The van der Waals surface area contributed by atoms with E-state index >= 15 is 0 Å². The van der Waals surface area contributed by atoms with Gasteiger partial charge >= 0.3 is 0 Å². The van der Waals surface area contributed by atoms with E-state index in [9.17, 15) is 4.79 Å². The molecular weight excluding hydrogens is 280 g/mol. The second kappa shape index (κ2) is 6.81. The molecule has 1 aliphatic rings. The van der Waals surface area contributed by atoms with Crippen molar-refractivity contribution in [3.05, 3.63) is 36.2 Å². The molecule has 1 aromatic carbocycles. The van der Waals surface area contributed by atoms with Gasteiger partial charge in [-0.2, -0.15) is 0 Å². The van der Waals surface area contributed by atoms with Crippen molar-refractivity contribution in [3.8, 4) is 0 Å². The molecular formula is C16H20N4O2. The van der Waals surface area contributed by atoms with E-state index in [1.54, 1.807) is 0 Å². The summed E-state index contributed by atoms with van der Waals surface area (Å²) in [7, 11) is 0. The largest absolute Gasteiger partial charge is 0.379 e. The molecule has 1 aromatic heterocycles. The monoisotopic (exact) mass is 300 g/mol. The lowest BCUT2D eigenvalue weighted by molar-refractivity contribution is 0.0204. The van der Waals surface area contributed by atoms with E-state index < -0.39 is 0 Å². The van der Waals surface area contributed by atoms with Crippen LogP contribution in [0, 0.1) is 0 Å². The number of ether oxygens (including phenoxy) is 1. The molecule has 6 nitrogen and oxygen atoms in total. The van der Waals surface area contributed by atoms with Gasteiger partial charge in [-0.05, 0) is 19.1 Å². The molecule has 1 aliphatic heterocycles. The second-order valence-corrected chi connectivity index (χ2v) is 5.45. The smallest absolute Gasteiger partial charge is 0.271 e. The Morgan fingerprint density at radius 3 is 2.82 bits per heavy atom. The number of para-hydroxylation sites is 2. The highest BCUT2D eigenvalue weighted by molar-refractivity contribution is 5.93. The summed E-state index contributed by atoms with van der Waals surface area (Å²) in [5.41, 5.74) is 1.88. The summed E-state index contributed by atoms with van der Waals surface area (Å²) in [5, 5.41) is 2.94. The number of rotatable bonds is 4. The number of nitrogens with zero attached hydrogens (tertiary/aromatic N) is 3. The number of benzene rings is 1. The first kappa shape index (κ1) is 14.9. The normalized spacial score (nSPS) is 17.3. The van der Waals surface area contributed by atoms with Crippen molar-refractivity contribution >= 4 is 16.9 Å². The van der Waals surface area contributed by atoms with E-state index in [0.29, 0.717) is 12.2 Å². The van der Waals surface area contributed by atoms with Crippen LogP contribution < -0.4 is 5.32 Å². The Labute approximate surface area is 129 Å². The Kier molecular flexibility index (Phi) is 4.60. The van der Waals surface area contributed by atoms with E-state index in [0.717, 1.165) is 37.3 Å². The molecule has 0 spiro atoms. The number of carbonyl (C=O) groups is 1. The fraction of sp³-hybridized carbons (Fsp3) is 0.438. The summed E-state index contributed by atoms with van der Waals surface area (Å²) in [6.45, 7) is 6.04. The third kappa shape index (κ3) is 3.40. The maximum absolute atomic E-state index is 12.2. The Bertz CT molecular complexity index is 655. The van der Waals surface area contributed by atoms with E-state index in [2.05, 4.69) is 27.1 Å². The third-order valence-corrected chi connectivity index (χ3v) is 3.91. The predicted octanol–water partition coefficient (Wildman–Crippen LogP) is 1.08. The standard InChI is InChI=1S/C16H20N4O2/c1-12(20-6-8-22-9-7-20)10-18-16(21)15-11-17-13-4-2-3-5-14(13)19-15/h2-5,11-12H,6-10H2,1H3,(H,18,21). The molecule has 1 atom stereocenters. The van der Waals surface area contributed by atoms with Gasteiger partial charge in [0.15, 0.2) is 0 Å². The molecule has 1 fully saturated rings. The molecule has 1 amide bonds. The van der Waals surface area contributed by atoms with E-state index in [-0.39, 0.29) is 11.9 Å². The van der Waals surface area contributed by atoms with Crippen LogP contribution in [0.1, 0.15) is 17.4 Å². The highest BCUT2D eigenvalue weighted by Gasteiger charge is 2.18. The minimum absolute atomic E-state index is 0.182. The van der Waals surface area contributed by atoms with Gasteiger partial charge in [0.05, 0.1) is 30.4 Å². The van der Waals surface area contributed by atoms with Crippen molar-refractivity contribution in [2.24, 2.45) is 0 Å². The number of aromatic nitrogens is 2. The zero-order chi connectivity index (χ0) is 15.4. The maximum Gasteiger partial charge on any atom is 0.271 e. The topological polar surface area (TPSA) is 67.4 Å². The lowest BCUT2D eigenvalue weighted by Crippen LogP contribution is -2.47. The SMILES string of the molecule is CC(CNC(=O)c1cnc2ccccc2n1)N1CCOCC1. The van der Waals surface area contributed by atoms with Crippen LogP contribution in [0.5, 0.6) is 0 Å². The first-order valence-electron chi connectivity index (χ1n) is 7.56. The Morgan fingerprint density at radius 1 is 1.32 bits per heavy atom. The number of morpholine rings is 1. The number of hydrogen-bond donors (Lipinski definition) is 1. The fourth-order valence-corrected chi connectivity index (χ4v) is 2.54. The van der Waals surface area contributed by atoms with Crippen LogP contribution in [0.3, 0.4) is 0 Å². The first-order chi connectivity index (χ1) is 10.7. The molecule has 0 bridgehead atoms. The molecule has 22 heavy (non-hydrogen) atoms. The fourth-order valence-electron chi connectivity index (χ4n) is 2.54. The van der Waals surface area contributed by atoms with Crippen LogP contribution in [-0.2, 0) is 4.74 Å². The minimum Gasteiger partial charge on any atom is -0.379 e. The van der Waals surface area contributed by atoms with Crippen LogP contribution in [0.2, 0.25) is 0 Å². The van der Waals surface area contributed by atoms with Gasteiger partial charge in [-0.1, -0.05) is 12.1 Å². The summed E-state index contributed by atoms with van der Waals surface area (Å²) < 4.78 is 5.34. The Morgan fingerprint density at radius 2 is 2.05 bits per heavy atom. The van der Waals surface area contributed by atoms with Gasteiger partial charge < -0.3 is 10.1 Å². The zero-order valence-electron chi connectivity index (χ0n) is 12.7. The van der Waals surface area contributed by atoms with Crippen LogP contribution in [0.25, 0.3) is 11.0 Å². The molecule has 2 heterocycles. The zero-order valence-corrected chi connectivity index (χ0v) is 12.7. The maximum atomic E-state index is 12.2. The molecule has 0 aliphatic carbocycles. The van der Waals surface area contributed by atoms with Gasteiger partial charge in [0.25, 0.3) is 5.91 Å². The number of nitrogens with one attached hydrogen (secondary N) is 1. The van der Waals surface area contributed by atoms with Gasteiger partial charge in [0.1, 0.15) is 5.69 Å². The highest BCUT2D eigenvalue weighted by atomic mass is 16.5. The average molecular weight is 300 g/mol. The van der Waals surface area contributed by atoms with Crippen molar-refractivity contribution in [2.45, 2.75) is 13.0 Å². The van der Waals surface area contributed by atoms with Gasteiger partial charge in [-0.15, -0.1) is 0 Å². The van der Waals surface area contributed by atoms with Crippen molar-refractivity contribution < 1.29 is 9.53 Å². The highest BCUT2D eigenvalue weighted by Crippen LogP contribution is 2.08. The number of carbonyl (C=O) groups excluding carboxylic acids is 1. The van der Waals surface area contributed by atoms with Crippen molar-refractivity contribution in [2.75, 3.05) is 32.8 Å². The first-order valence-corrected chi connectivity index (χ1v) is 7.56. The van der Waals surface area contributed by atoms with Crippen molar-refractivity contribution in [1.29, 1.82) is 0 Å². The molecule has 1 unspecified atom stereocenters. The van der Waals surface area contributed by atoms with E-state index in [1.165, 1.54) is 6.20 Å². The predicted molar refractivity (Wildman–Crippen MR) is 83.7 cm³/mol. The van der Waals surface area contributed by atoms with Gasteiger partial charge in [-0.25, -0.2) is 4.98 Å². The molecule has 1 saturated heterocycles. The summed E-state index contributed by atoms with van der Waals surface area (Å²) in [4.78, 5) is 23.2. The number of amides is 1. The molecule has 6 heteroatoms. The molecule has 116 valence electrons. The van der Waals surface area contributed by atoms with Crippen LogP contribution in [0.4, 0.5) is 0 Å².